The second kappa shape index (κ2) is 26.1. The first-order valence-corrected chi connectivity index (χ1v) is 18.3. The molecule has 0 aliphatic heterocycles. The highest BCUT2D eigenvalue weighted by Crippen LogP contribution is 2.44. The van der Waals surface area contributed by atoms with Crippen molar-refractivity contribution in [1.29, 1.82) is 0 Å². The zero-order chi connectivity index (χ0) is 37.2. The van der Waals surface area contributed by atoms with E-state index in [0.717, 1.165) is 0 Å². The number of carbonyl (C=O) groups is 1. The average molecular weight is 741 g/mol. The molecule has 2 N–H and O–H groups in total. The van der Waals surface area contributed by atoms with Gasteiger partial charge in [0.05, 0.1) is 111 Å². The van der Waals surface area contributed by atoms with Crippen molar-refractivity contribution in [2.75, 3.05) is 138 Å². The maximum atomic E-state index is 12.6. The number of ether oxygens (including phenoxy) is 10. The minimum absolute atomic E-state index is 0.0383. The first-order valence-electron chi connectivity index (χ1n) is 18.3. The number of carbonyl (C=O) groups excluding carboxylic acids is 1. The molecule has 1 amide bonds. The van der Waals surface area contributed by atoms with Crippen LogP contribution < -0.4 is 10.5 Å². The molecule has 292 valence electrons. The minimum atomic E-state index is -0.365. The van der Waals surface area contributed by atoms with E-state index in [0.29, 0.717) is 137 Å². The zero-order valence-electron chi connectivity index (χ0n) is 31.0. The number of benzene rings is 3. The third kappa shape index (κ3) is 16.0. The maximum absolute atomic E-state index is 12.6. The molecule has 3 aromatic carbocycles. The Morgan fingerprint density at radius 2 is 0.906 bits per heavy atom. The van der Waals surface area contributed by atoms with Gasteiger partial charge < -0.3 is 58.0 Å². The minimum Gasteiger partial charge on any atom is -0.489 e. The highest BCUT2D eigenvalue weighted by Gasteiger charge is 2.29. The zero-order valence-corrected chi connectivity index (χ0v) is 31.0. The number of anilines is 1. The molecule has 13 nitrogen and oxygen atoms in total. The summed E-state index contributed by atoms with van der Waals surface area (Å²) < 4.78 is 55.4. The summed E-state index contributed by atoms with van der Waals surface area (Å²) in [5.74, 6) is 0.703. The summed E-state index contributed by atoms with van der Waals surface area (Å²) in [6.45, 7) is 8.71. The monoisotopic (exact) mass is 740 g/mol. The number of para-hydroxylation sites is 2. The predicted octanol–water partition coefficient (Wildman–Crippen LogP) is 4.66. The number of nitrogens with zero attached hydrogens (tertiary/aromatic N) is 1. The number of nitrogens with two attached hydrogens (primary N) is 1. The van der Waals surface area contributed by atoms with Crippen molar-refractivity contribution < 1.29 is 52.2 Å². The molecule has 1 aliphatic rings. The quantitative estimate of drug-likeness (QED) is 0.0752. The molecule has 0 heterocycles. The fourth-order valence-corrected chi connectivity index (χ4v) is 5.46. The van der Waals surface area contributed by atoms with Gasteiger partial charge in [-0.2, -0.15) is 0 Å². The van der Waals surface area contributed by atoms with E-state index in [2.05, 4.69) is 24.3 Å². The Morgan fingerprint density at radius 1 is 0.528 bits per heavy atom. The molecular weight excluding hydrogens is 684 g/mol. The van der Waals surface area contributed by atoms with Crippen molar-refractivity contribution in [3.8, 4) is 16.9 Å². The van der Waals surface area contributed by atoms with Crippen molar-refractivity contribution in [1.82, 2.24) is 4.90 Å². The largest absolute Gasteiger partial charge is 0.489 e. The van der Waals surface area contributed by atoms with Crippen molar-refractivity contribution in [3.63, 3.8) is 0 Å². The first-order chi connectivity index (χ1) is 26.1. The molecule has 53 heavy (non-hydrogen) atoms. The van der Waals surface area contributed by atoms with Crippen molar-refractivity contribution in [2.45, 2.75) is 5.92 Å². The van der Waals surface area contributed by atoms with E-state index in [-0.39, 0.29) is 12.0 Å². The Hall–Kier alpha value is -3.79. The molecule has 0 radical (unpaired) electrons. The fourth-order valence-electron chi connectivity index (χ4n) is 5.46. The molecule has 0 aromatic heterocycles. The first kappa shape index (κ1) is 42.0. The molecule has 0 saturated heterocycles. The fraction of sp³-hybridized carbons (Fsp3) is 0.525. The van der Waals surface area contributed by atoms with Crippen LogP contribution in [0.2, 0.25) is 0 Å². The van der Waals surface area contributed by atoms with E-state index < -0.39 is 0 Å². The van der Waals surface area contributed by atoms with Gasteiger partial charge >= 0.3 is 6.09 Å². The third-order valence-corrected chi connectivity index (χ3v) is 8.23. The van der Waals surface area contributed by atoms with E-state index in [4.69, 9.17) is 53.1 Å². The molecule has 0 spiro atoms. The summed E-state index contributed by atoms with van der Waals surface area (Å²) in [5, 5.41) is 0. The van der Waals surface area contributed by atoms with Crippen LogP contribution in [0.5, 0.6) is 5.75 Å². The summed E-state index contributed by atoms with van der Waals surface area (Å²) in [4.78, 5) is 14.1. The van der Waals surface area contributed by atoms with E-state index in [1.165, 1.54) is 27.2 Å². The number of rotatable bonds is 30. The number of likely N-dealkylation sites (N-methyl/N-ethyl adjacent to an activating group) is 1. The van der Waals surface area contributed by atoms with Crippen LogP contribution >= 0.6 is 0 Å². The average Bonchev–Trinajstić information content (AvgIpc) is 3.50. The molecular formula is C40H56N2O11. The summed E-state index contributed by atoms with van der Waals surface area (Å²) in [6.07, 6.45) is -0.365. The molecule has 0 atom stereocenters. The maximum Gasteiger partial charge on any atom is 0.409 e. The van der Waals surface area contributed by atoms with E-state index in [1.54, 1.807) is 13.1 Å². The highest BCUT2D eigenvalue weighted by molar-refractivity contribution is 5.79. The van der Waals surface area contributed by atoms with Crippen LogP contribution in [0.15, 0.2) is 72.8 Å². The summed E-state index contributed by atoms with van der Waals surface area (Å²) >= 11 is 0. The molecule has 4 rings (SSSR count). The Balaban J connectivity index is 0.828. The van der Waals surface area contributed by atoms with Crippen LogP contribution in [0, 0.1) is 0 Å². The van der Waals surface area contributed by atoms with Crippen molar-refractivity contribution in [3.05, 3.63) is 83.9 Å². The number of amides is 1. The lowest BCUT2D eigenvalue weighted by Gasteiger charge is -2.19. The van der Waals surface area contributed by atoms with E-state index in [9.17, 15) is 4.79 Å². The smallest absolute Gasteiger partial charge is 0.409 e. The summed E-state index contributed by atoms with van der Waals surface area (Å²) in [5.41, 5.74) is 11.2. The van der Waals surface area contributed by atoms with Gasteiger partial charge in [0.15, 0.2) is 0 Å². The second-order valence-corrected chi connectivity index (χ2v) is 12.0. The van der Waals surface area contributed by atoms with Crippen LogP contribution in [-0.2, 0) is 42.6 Å². The predicted molar refractivity (Wildman–Crippen MR) is 201 cm³/mol. The topological polar surface area (TPSA) is 139 Å². The molecule has 3 aromatic rings. The van der Waals surface area contributed by atoms with Gasteiger partial charge in [-0.25, -0.2) is 4.79 Å². The SMILES string of the molecule is CN(CCOCCOCCOCCOCCOCCOCCOCCOCCOc1ccccc1N)C(=O)OCC1c2ccccc2-c2ccccc21. The Morgan fingerprint density at radius 3 is 1.36 bits per heavy atom. The van der Waals surface area contributed by atoms with Gasteiger partial charge in [0, 0.05) is 19.5 Å². The van der Waals surface area contributed by atoms with Crippen LogP contribution in [0.25, 0.3) is 11.1 Å². The van der Waals surface area contributed by atoms with Crippen LogP contribution in [-0.4, -0.2) is 144 Å². The Bertz CT molecular complexity index is 1380. The number of hydrogen-bond acceptors (Lipinski definition) is 12. The summed E-state index contributed by atoms with van der Waals surface area (Å²) in [7, 11) is 1.71. The molecule has 1 aliphatic carbocycles. The van der Waals surface area contributed by atoms with Crippen molar-refractivity contribution >= 4 is 11.8 Å². The van der Waals surface area contributed by atoms with Gasteiger partial charge in [-0.15, -0.1) is 0 Å². The van der Waals surface area contributed by atoms with Crippen LogP contribution in [0.1, 0.15) is 17.0 Å². The van der Waals surface area contributed by atoms with Crippen LogP contribution in [0.4, 0.5) is 10.5 Å². The highest BCUT2D eigenvalue weighted by atomic mass is 16.6. The van der Waals surface area contributed by atoms with E-state index >= 15 is 0 Å². The van der Waals surface area contributed by atoms with Crippen molar-refractivity contribution in [2.24, 2.45) is 0 Å². The van der Waals surface area contributed by atoms with Crippen LogP contribution in [0.3, 0.4) is 0 Å². The van der Waals surface area contributed by atoms with Gasteiger partial charge in [0.25, 0.3) is 0 Å². The van der Waals surface area contributed by atoms with Gasteiger partial charge in [-0.1, -0.05) is 60.7 Å². The molecule has 0 fully saturated rings. The lowest BCUT2D eigenvalue weighted by molar-refractivity contribution is -0.0238. The molecule has 0 bridgehead atoms. The van der Waals surface area contributed by atoms with Gasteiger partial charge in [0.2, 0.25) is 0 Å². The van der Waals surface area contributed by atoms with E-state index in [1.807, 2.05) is 42.5 Å². The standard InChI is InChI=1S/C40H56N2O11/c1-42(40(43)53-32-37-35-10-4-2-8-33(35)34-9-3-5-11-36(34)37)14-15-44-16-17-45-18-19-46-20-21-47-22-23-48-24-25-49-26-27-50-28-29-51-30-31-52-39-13-7-6-12-38(39)41/h2-13,37H,14-32,41H2,1H3. The third-order valence-electron chi connectivity index (χ3n) is 8.23. The lowest BCUT2D eigenvalue weighted by Crippen LogP contribution is -2.32. The van der Waals surface area contributed by atoms with Gasteiger partial charge in [0.1, 0.15) is 19.0 Å². The normalized spacial score (nSPS) is 12.1. The van der Waals surface area contributed by atoms with Gasteiger partial charge in [-0.05, 0) is 34.4 Å². The Kier molecular flexibility index (Phi) is 20.6. The lowest BCUT2D eigenvalue weighted by atomic mass is 9.98. The summed E-state index contributed by atoms with van der Waals surface area (Å²) in [6, 6.07) is 24.0. The molecule has 13 heteroatoms. The number of hydrogen-bond donors (Lipinski definition) is 1. The number of fused-ring (bicyclic) bond motifs is 3. The molecule has 0 saturated carbocycles. The number of nitrogen functional groups attached to an aromatic ring is 1. The Labute approximate surface area is 313 Å². The van der Waals surface area contributed by atoms with Gasteiger partial charge in [-0.3, -0.25) is 0 Å². The second-order valence-electron chi connectivity index (χ2n) is 12.0. The molecule has 0 unspecified atom stereocenters.